The Morgan fingerprint density at radius 2 is 1.76 bits per heavy atom. The van der Waals surface area contributed by atoms with Gasteiger partial charge in [-0.3, -0.25) is 9.78 Å². The third-order valence-electron chi connectivity index (χ3n) is 4.76. The summed E-state index contributed by atoms with van der Waals surface area (Å²) in [5.74, 6) is -0.545. The quantitative estimate of drug-likeness (QED) is 0.512. The molecule has 4 aromatic rings. The Hall–Kier alpha value is -3.87. The number of aromatic nitrogens is 2. The molecule has 2 aromatic carbocycles. The number of benzene rings is 2. The second-order valence-electron chi connectivity index (χ2n) is 6.49. The Bertz CT molecular complexity index is 1220. The van der Waals surface area contributed by atoms with Gasteiger partial charge in [-0.1, -0.05) is 18.2 Å². The molecule has 146 valence electrons. The number of methoxy groups -OCH3 is 1. The van der Waals surface area contributed by atoms with E-state index in [1.165, 1.54) is 7.11 Å². The maximum absolute atomic E-state index is 12.1. The summed E-state index contributed by atoms with van der Waals surface area (Å²) in [6, 6.07) is 16.7. The topological polar surface area (TPSA) is 96.4 Å². The van der Waals surface area contributed by atoms with Gasteiger partial charge < -0.3 is 19.8 Å². The van der Waals surface area contributed by atoms with Crippen LogP contribution in [0.1, 0.15) is 16.1 Å². The lowest BCUT2D eigenvalue weighted by atomic mass is 10.1. The minimum absolute atomic E-state index is 0.235. The molecule has 0 bridgehead atoms. The van der Waals surface area contributed by atoms with E-state index in [1.54, 1.807) is 24.4 Å². The van der Waals surface area contributed by atoms with Crippen molar-refractivity contribution in [1.82, 2.24) is 9.55 Å². The van der Waals surface area contributed by atoms with Gasteiger partial charge in [0.15, 0.2) is 6.61 Å². The number of fused-ring (bicyclic) bond motifs is 3. The number of hydrogen-bond donors (Lipinski definition) is 1. The van der Waals surface area contributed by atoms with Crippen LogP contribution in [0.15, 0.2) is 60.8 Å². The Labute approximate surface area is 166 Å². The maximum Gasteiger partial charge on any atom is 0.343 e. The van der Waals surface area contributed by atoms with Crippen molar-refractivity contribution in [2.75, 3.05) is 13.7 Å². The van der Waals surface area contributed by atoms with Crippen LogP contribution >= 0.6 is 0 Å². The van der Waals surface area contributed by atoms with Crippen molar-refractivity contribution in [3.63, 3.8) is 0 Å². The van der Waals surface area contributed by atoms with Gasteiger partial charge in [-0.25, -0.2) is 4.79 Å². The zero-order valence-electron chi connectivity index (χ0n) is 15.8. The molecule has 0 atom stereocenters. The first-order valence-electron chi connectivity index (χ1n) is 9.03. The number of nitrogens with zero attached hydrogens (tertiary/aromatic N) is 2. The number of carbonyl (C=O) groups is 2. The average Bonchev–Trinajstić information content (AvgIpc) is 3.07. The van der Waals surface area contributed by atoms with Crippen LogP contribution in [0, 0.1) is 0 Å². The standard InChI is InChI=1S/C22H19N3O4/c1-28-19(26)13-29-18-10-5-9-17-21(18)20-15(22(23)27)7-4-8-16(20)25(17)12-14-6-2-3-11-24-14/h2-11H,12-13H2,1H3,(H2,23,27). The molecule has 4 rings (SSSR count). The summed E-state index contributed by atoms with van der Waals surface area (Å²) in [7, 11) is 1.30. The Morgan fingerprint density at radius 3 is 2.45 bits per heavy atom. The van der Waals surface area contributed by atoms with Crippen molar-refractivity contribution in [3.05, 3.63) is 72.1 Å². The van der Waals surface area contributed by atoms with Gasteiger partial charge in [-0.05, 0) is 36.4 Å². The van der Waals surface area contributed by atoms with Crippen molar-refractivity contribution in [2.45, 2.75) is 6.54 Å². The molecule has 1 amide bonds. The van der Waals surface area contributed by atoms with E-state index in [0.717, 1.165) is 22.1 Å². The van der Waals surface area contributed by atoms with Crippen molar-refractivity contribution in [1.29, 1.82) is 0 Å². The molecule has 0 aliphatic heterocycles. The number of ether oxygens (including phenoxy) is 2. The fraction of sp³-hybridized carbons (Fsp3) is 0.136. The molecule has 7 nitrogen and oxygen atoms in total. The smallest absolute Gasteiger partial charge is 0.343 e. The Balaban J connectivity index is 1.98. The zero-order chi connectivity index (χ0) is 20.4. The number of esters is 1. The van der Waals surface area contributed by atoms with Crippen LogP contribution in [0.25, 0.3) is 21.8 Å². The van der Waals surface area contributed by atoms with Crippen LogP contribution in [-0.4, -0.2) is 35.1 Å². The van der Waals surface area contributed by atoms with Crippen LogP contribution < -0.4 is 10.5 Å². The summed E-state index contributed by atoms with van der Waals surface area (Å²) in [5.41, 5.74) is 8.59. The molecule has 0 unspecified atom stereocenters. The van der Waals surface area contributed by atoms with E-state index < -0.39 is 11.9 Å². The number of amides is 1. The van der Waals surface area contributed by atoms with Crippen LogP contribution in [0.5, 0.6) is 5.75 Å². The summed E-state index contributed by atoms with van der Waals surface area (Å²) in [5, 5.41) is 1.41. The molecular formula is C22H19N3O4. The van der Waals surface area contributed by atoms with E-state index in [-0.39, 0.29) is 6.61 Å². The predicted octanol–water partition coefficient (Wildman–Crippen LogP) is 2.89. The molecule has 0 spiro atoms. The highest BCUT2D eigenvalue weighted by Crippen LogP contribution is 2.38. The van der Waals surface area contributed by atoms with E-state index in [1.807, 2.05) is 36.4 Å². The summed E-state index contributed by atoms with van der Waals surface area (Å²) in [6.45, 7) is 0.269. The van der Waals surface area contributed by atoms with Crippen molar-refractivity contribution >= 4 is 33.7 Å². The van der Waals surface area contributed by atoms with E-state index in [0.29, 0.717) is 23.2 Å². The minimum atomic E-state index is -0.532. The fourth-order valence-corrected chi connectivity index (χ4v) is 3.50. The molecule has 29 heavy (non-hydrogen) atoms. The molecule has 0 saturated heterocycles. The number of primary amides is 1. The molecule has 0 aliphatic rings. The molecule has 2 aromatic heterocycles. The van der Waals surface area contributed by atoms with E-state index in [9.17, 15) is 9.59 Å². The van der Waals surface area contributed by atoms with E-state index >= 15 is 0 Å². The van der Waals surface area contributed by atoms with Gasteiger partial charge in [0.1, 0.15) is 5.75 Å². The molecule has 0 fully saturated rings. The lowest BCUT2D eigenvalue weighted by Gasteiger charge is -2.08. The first-order valence-corrected chi connectivity index (χ1v) is 9.03. The summed E-state index contributed by atoms with van der Waals surface area (Å²) in [4.78, 5) is 28.1. The number of pyridine rings is 1. The summed E-state index contributed by atoms with van der Waals surface area (Å²) >= 11 is 0. The van der Waals surface area contributed by atoms with Gasteiger partial charge in [-0.2, -0.15) is 0 Å². The first kappa shape index (κ1) is 18.5. The van der Waals surface area contributed by atoms with Gasteiger partial charge in [0.25, 0.3) is 0 Å². The number of rotatable bonds is 6. The third-order valence-corrected chi connectivity index (χ3v) is 4.76. The highest BCUT2D eigenvalue weighted by molar-refractivity contribution is 6.19. The zero-order valence-corrected chi connectivity index (χ0v) is 15.8. The van der Waals surface area contributed by atoms with Gasteiger partial charge in [0, 0.05) is 17.1 Å². The summed E-state index contributed by atoms with van der Waals surface area (Å²) < 4.78 is 12.4. The van der Waals surface area contributed by atoms with Crippen LogP contribution in [0.2, 0.25) is 0 Å². The monoisotopic (exact) mass is 389 g/mol. The molecule has 0 aliphatic carbocycles. The number of hydrogen-bond acceptors (Lipinski definition) is 5. The van der Waals surface area contributed by atoms with Crippen LogP contribution in [0.3, 0.4) is 0 Å². The number of nitrogens with two attached hydrogens (primary N) is 1. The van der Waals surface area contributed by atoms with Gasteiger partial charge in [0.05, 0.1) is 35.8 Å². The number of carbonyl (C=O) groups excluding carboxylic acids is 2. The SMILES string of the molecule is COC(=O)COc1cccc2c1c1c(C(N)=O)cccc1n2Cc1ccccn1. The fourth-order valence-electron chi connectivity index (χ4n) is 3.50. The second-order valence-corrected chi connectivity index (χ2v) is 6.49. The third kappa shape index (κ3) is 3.38. The van der Waals surface area contributed by atoms with Gasteiger partial charge >= 0.3 is 5.97 Å². The largest absolute Gasteiger partial charge is 0.481 e. The molecular weight excluding hydrogens is 370 g/mol. The van der Waals surface area contributed by atoms with Crippen molar-refractivity contribution < 1.29 is 19.1 Å². The normalized spacial score (nSPS) is 10.9. The molecule has 2 N–H and O–H groups in total. The first-order chi connectivity index (χ1) is 14.1. The van der Waals surface area contributed by atoms with Crippen molar-refractivity contribution in [3.8, 4) is 5.75 Å². The summed E-state index contributed by atoms with van der Waals surface area (Å²) in [6.07, 6.45) is 1.74. The van der Waals surface area contributed by atoms with E-state index in [4.69, 9.17) is 10.5 Å². The molecule has 0 radical (unpaired) electrons. The minimum Gasteiger partial charge on any atom is -0.481 e. The highest BCUT2D eigenvalue weighted by atomic mass is 16.6. The Kier molecular flexibility index (Phi) is 4.87. The lowest BCUT2D eigenvalue weighted by Crippen LogP contribution is -2.13. The molecule has 0 saturated carbocycles. The predicted molar refractivity (Wildman–Crippen MR) is 109 cm³/mol. The Morgan fingerprint density at radius 1 is 1.00 bits per heavy atom. The van der Waals surface area contributed by atoms with Gasteiger partial charge in [-0.15, -0.1) is 0 Å². The molecule has 2 heterocycles. The average molecular weight is 389 g/mol. The maximum atomic E-state index is 12.1. The molecule has 7 heteroatoms. The van der Waals surface area contributed by atoms with E-state index in [2.05, 4.69) is 14.3 Å². The van der Waals surface area contributed by atoms with Gasteiger partial charge in [0.2, 0.25) is 5.91 Å². The lowest BCUT2D eigenvalue weighted by molar-refractivity contribution is -0.142. The van der Waals surface area contributed by atoms with Crippen LogP contribution in [0.4, 0.5) is 0 Å². The van der Waals surface area contributed by atoms with Crippen LogP contribution in [-0.2, 0) is 16.1 Å². The van der Waals surface area contributed by atoms with Crippen molar-refractivity contribution in [2.24, 2.45) is 5.73 Å². The second kappa shape index (κ2) is 7.63. The highest BCUT2D eigenvalue weighted by Gasteiger charge is 2.20.